The fourth-order valence-corrected chi connectivity index (χ4v) is 2.99. The molecule has 0 fully saturated rings. The lowest BCUT2D eigenvalue weighted by molar-refractivity contribution is -0.117. The van der Waals surface area contributed by atoms with Crippen LogP contribution in [-0.4, -0.2) is 39.6 Å². The number of amides is 1. The van der Waals surface area contributed by atoms with Gasteiger partial charge in [0.05, 0.1) is 18.3 Å². The number of rotatable bonds is 6. The number of anilines is 1. The molecule has 7 heteroatoms. The number of nitrogens with zero attached hydrogens (tertiary/aromatic N) is 4. The predicted octanol–water partition coefficient (Wildman–Crippen LogP) is 2.59. The number of hydrogen-bond acceptors (Lipinski definition) is 6. The van der Waals surface area contributed by atoms with E-state index < -0.39 is 0 Å². The monoisotopic (exact) mass is 339 g/mol. The molecule has 0 saturated heterocycles. The molecule has 0 radical (unpaired) electrons. The van der Waals surface area contributed by atoms with Crippen molar-refractivity contribution in [2.24, 2.45) is 0 Å². The van der Waals surface area contributed by atoms with E-state index in [0.29, 0.717) is 5.13 Å². The summed E-state index contributed by atoms with van der Waals surface area (Å²) in [4.78, 5) is 18.7. The zero-order valence-corrected chi connectivity index (χ0v) is 14.0. The number of carbonyl (C=O) groups excluding carboxylic acids is 1. The minimum absolute atomic E-state index is 0.104. The first-order valence-corrected chi connectivity index (χ1v) is 8.34. The Hall–Kier alpha value is -2.64. The fourth-order valence-electron chi connectivity index (χ4n) is 2.53. The van der Waals surface area contributed by atoms with Gasteiger partial charge in [-0.05, 0) is 24.7 Å². The van der Waals surface area contributed by atoms with Crippen LogP contribution in [0, 0.1) is 0 Å². The largest absolute Gasteiger partial charge is 0.299 e. The molecule has 1 N–H and O–H groups in total. The van der Waals surface area contributed by atoms with E-state index in [1.165, 1.54) is 11.3 Å². The highest BCUT2D eigenvalue weighted by atomic mass is 32.1. The normalized spacial score (nSPS) is 12.1. The highest BCUT2D eigenvalue weighted by Gasteiger charge is 2.22. The molecule has 122 valence electrons. The van der Waals surface area contributed by atoms with Crippen molar-refractivity contribution in [2.75, 3.05) is 18.9 Å². The predicted molar refractivity (Wildman–Crippen MR) is 93.7 cm³/mol. The lowest BCUT2D eigenvalue weighted by atomic mass is 10.0. The summed E-state index contributed by atoms with van der Waals surface area (Å²) < 4.78 is 0. The number of nitrogens with one attached hydrogen (secondary N) is 1. The number of carbonyl (C=O) groups is 1. The van der Waals surface area contributed by atoms with Gasteiger partial charge in [0.15, 0.2) is 0 Å². The summed E-state index contributed by atoms with van der Waals surface area (Å²) >= 11 is 1.29. The SMILES string of the molecule is CN(CC(=O)Nc1nncs1)[C@@H](c1ccccc1)c1ccccn1. The molecular formula is C17H17N5OS. The zero-order valence-electron chi connectivity index (χ0n) is 13.2. The number of pyridine rings is 1. The van der Waals surface area contributed by atoms with E-state index >= 15 is 0 Å². The van der Waals surface area contributed by atoms with Gasteiger partial charge >= 0.3 is 0 Å². The second-order valence-corrected chi connectivity index (χ2v) is 6.11. The van der Waals surface area contributed by atoms with E-state index in [-0.39, 0.29) is 18.5 Å². The van der Waals surface area contributed by atoms with Gasteiger partial charge in [-0.15, -0.1) is 10.2 Å². The summed E-state index contributed by atoms with van der Waals surface area (Å²) in [6.07, 6.45) is 1.76. The number of hydrogen-bond donors (Lipinski definition) is 1. The maximum Gasteiger partial charge on any atom is 0.240 e. The van der Waals surface area contributed by atoms with Crippen LogP contribution in [0.2, 0.25) is 0 Å². The summed E-state index contributed by atoms with van der Waals surface area (Å²) in [6.45, 7) is 0.218. The van der Waals surface area contributed by atoms with E-state index in [0.717, 1.165) is 11.3 Å². The van der Waals surface area contributed by atoms with Crippen molar-refractivity contribution in [3.8, 4) is 0 Å². The minimum atomic E-state index is -0.133. The molecule has 24 heavy (non-hydrogen) atoms. The summed E-state index contributed by atoms with van der Waals surface area (Å²) in [5, 5.41) is 10.8. The van der Waals surface area contributed by atoms with Gasteiger partial charge in [-0.3, -0.25) is 20.0 Å². The van der Waals surface area contributed by atoms with Crippen molar-refractivity contribution in [3.05, 3.63) is 71.5 Å². The molecule has 0 saturated carbocycles. The van der Waals surface area contributed by atoms with E-state index in [9.17, 15) is 4.79 Å². The van der Waals surface area contributed by atoms with Gasteiger partial charge in [0, 0.05) is 6.20 Å². The van der Waals surface area contributed by atoms with Gasteiger partial charge < -0.3 is 0 Å². The third kappa shape index (κ3) is 4.01. The Morgan fingerprint density at radius 3 is 2.67 bits per heavy atom. The maximum atomic E-state index is 12.3. The first-order chi connectivity index (χ1) is 11.7. The van der Waals surface area contributed by atoms with Gasteiger partial charge in [0.1, 0.15) is 5.51 Å². The topological polar surface area (TPSA) is 71.0 Å². The molecule has 3 rings (SSSR count). The molecule has 2 heterocycles. The van der Waals surface area contributed by atoms with Gasteiger partial charge in [-0.2, -0.15) is 0 Å². The van der Waals surface area contributed by atoms with Crippen molar-refractivity contribution in [1.29, 1.82) is 0 Å². The average molecular weight is 339 g/mol. The highest BCUT2D eigenvalue weighted by molar-refractivity contribution is 7.13. The second-order valence-electron chi connectivity index (χ2n) is 5.27. The Balaban J connectivity index is 1.79. The van der Waals surface area contributed by atoms with Crippen LogP contribution in [0.5, 0.6) is 0 Å². The molecule has 3 aromatic rings. The van der Waals surface area contributed by atoms with Gasteiger partial charge in [-0.25, -0.2) is 0 Å². The Morgan fingerprint density at radius 1 is 1.21 bits per heavy atom. The second kappa shape index (κ2) is 7.76. The van der Waals surface area contributed by atoms with Crippen LogP contribution in [-0.2, 0) is 4.79 Å². The Kier molecular flexibility index (Phi) is 5.25. The maximum absolute atomic E-state index is 12.3. The van der Waals surface area contributed by atoms with E-state index in [4.69, 9.17) is 0 Å². The molecule has 0 aliphatic carbocycles. The average Bonchev–Trinajstić information content (AvgIpc) is 3.10. The summed E-state index contributed by atoms with van der Waals surface area (Å²) in [6, 6.07) is 15.7. The Morgan fingerprint density at radius 2 is 2.00 bits per heavy atom. The van der Waals surface area contributed by atoms with E-state index in [1.807, 2.05) is 60.5 Å². The molecule has 1 amide bonds. The molecule has 0 aliphatic heterocycles. The van der Waals surface area contributed by atoms with Gasteiger partial charge in [0.25, 0.3) is 0 Å². The van der Waals surface area contributed by atoms with Crippen LogP contribution >= 0.6 is 11.3 Å². The van der Waals surface area contributed by atoms with Crippen LogP contribution in [0.15, 0.2) is 60.2 Å². The first kappa shape index (κ1) is 16.2. The first-order valence-electron chi connectivity index (χ1n) is 7.46. The molecule has 0 spiro atoms. The van der Waals surface area contributed by atoms with E-state index in [2.05, 4.69) is 20.5 Å². The van der Waals surface area contributed by atoms with Crippen LogP contribution in [0.25, 0.3) is 0 Å². The van der Waals surface area contributed by atoms with Crippen molar-refractivity contribution in [3.63, 3.8) is 0 Å². The number of aromatic nitrogens is 3. The molecule has 1 atom stereocenters. The van der Waals surface area contributed by atoms with Crippen LogP contribution in [0.1, 0.15) is 17.3 Å². The highest BCUT2D eigenvalue weighted by Crippen LogP contribution is 2.25. The molecule has 1 aromatic carbocycles. The number of likely N-dealkylation sites (N-methyl/N-ethyl adjacent to an activating group) is 1. The summed E-state index contributed by atoms with van der Waals surface area (Å²) in [5.41, 5.74) is 3.57. The van der Waals surface area contributed by atoms with Gasteiger partial charge in [0.2, 0.25) is 11.0 Å². The Bertz CT molecular complexity index is 725. The van der Waals surface area contributed by atoms with Crippen molar-refractivity contribution in [2.45, 2.75) is 6.04 Å². The zero-order chi connectivity index (χ0) is 16.8. The lowest BCUT2D eigenvalue weighted by Crippen LogP contribution is -2.34. The molecule has 6 nitrogen and oxygen atoms in total. The molecule has 0 bridgehead atoms. The standard InChI is InChI=1S/C17H17N5OS/c1-22(11-15(23)20-17-21-19-12-24-17)16(13-7-3-2-4-8-13)14-9-5-6-10-18-14/h2-10,12,16H,11H2,1H3,(H,20,21,23)/t16-/m0/s1. The van der Waals surface area contributed by atoms with Gasteiger partial charge in [-0.1, -0.05) is 47.7 Å². The van der Waals surface area contributed by atoms with E-state index in [1.54, 1.807) is 11.7 Å². The Labute approximate surface area is 144 Å². The molecular weight excluding hydrogens is 322 g/mol. The lowest BCUT2D eigenvalue weighted by Gasteiger charge is -2.27. The minimum Gasteiger partial charge on any atom is -0.299 e. The summed E-state index contributed by atoms with van der Waals surface area (Å²) in [7, 11) is 1.91. The molecule has 2 aromatic heterocycles. The third-order valence-corrected chi connectivity index (χ3v) is 4.13. The van der Waals surface area contributed by atoms with Crippen LogP contribution in [0.3, 0.4) is 0 Å². The quantitative estimate of drug-likeness (QED) is 0.747. The van der Waals surface area contributed by atoms with Crippen molar-refractivity contribution < 1.29 is 4.79 Å². The molecule has 0 unspecified atom stereocenters. The third-order valence-electron chi connectivity index (χ3n) is 3.52. The van der Waals surface area contributed by atoms with Crippen molar-refractivity contribution >= 4 is 22.4 Å². The summed E-state index contributed by atoms with van der Waals surface area (Å²) in [5.74, 6) is -0.133. The number of benzene rings is 1. The smallest absolute Gasteiger partial charge is 0.240 e. The molecule has 0 aliphatic rings. The van der Waals surface area contributed by atoms with Crippen LogP contribution in [0.4, 0.5) is 5.13 Å². The van der Waals surface area contributed by atoms with Crippen molar-refractivity contribution in [1.82, 2.24) is 20.1 Å². The fraction of sp³-hybridized carbons (Fsp3) is 0.176. The van der Waals surface area contributed by atoms with Crippen LogP contribution < -0.4 is 5.32 Å².